The predicted molar refractivity (Wildman–Crippen MR) is 82.1 cm³/mol. The maximum atomic E-state index is 13.9. The molecule has 1 aromatic rings. The van der Waals surface area contributed by atoms with Crippen molar-refractivity contribution >= 4 is 0 Å². The maximum absolute atomic E-state index is 13.9. The van der Waals surface area contributed by atoms with Gasteiger partial charge in [0.2, 0.25) is 0 Å². The minimum absolute atomic E-state index is 0.0325. The Morgan fingerprint density at radius 2 is 1.90 bits per heavy atom. The molecule has 2 nitrogen and oxygen atoms in total. The Morgan fingerprint density at radius 3 is 2.48 bits per heavy atom. The molecule has 0 aliphatic carbocycles. The van der Waals surface area contributed by atoms with E-state index in [4.69, 9.17) is 0 Å². The van der Waals surface area contributed by atoms with Gasteiger partial charge < -0.3 is 5.32 Å². The van der Waals surface area contributed by atoms with Gasteiger partial charge in [0, 0.05) is 36.8 Å². The highest BCUT2D eigenvalue weighted by Gasteiger charge is 2.33. The van der Waals surface area contributed by atoms with E-state index in [1.807, 2.05) is 0 Å². The molecule has 0 amide bonds. The van der Waals surface area contributed by atoms with Crippen LogP contribution < -0.4 is 5.32 Å². The van der Waals surface area contributed by atoms with Crippen LogP contribution in [0.15, 0.2) is 18.2 Å². The first-order valence-corrected chi connectivity index (χ1v) is 7.70. The molecule has 0 saturated carbocycles. The average molecular weight is 296 g/mol. The summed E-state index contributed by atoms with van der Waals surface area (Å²) >= 11 is 0. The molecule has 1 heterocycles. The zero-order valence-corrected chi connectivity index (χ0v) is 13.4. The van der Waals surface area contributed by atoms with Crippen LogP contribution in [0.4, 0.5) is 8.78 Å². The van der Waals surface area contributed by atoms with E-state index >= 15 is 0 Å². The summed E-state index contributed by atoms with van der Waals surface area (Å²) in [5.41, 5.74) is 0.152. The van der Waals surface area contributed by atoms with Gasteiger partial charge in [0.05, 0.1) is 0 Å². The second kappa shape index (κ2) is 6.41. The number of rotatable bonds is 4. The molecule has 0 bridgehead atoms. The molecular weight excluding hydrogens is 270 g/mol. The molecule has 1 N–H and O–H groups in total. The largest absolute Gasteiger partial charge is 0.309 e. The zero-order valence-electron chi connectivity index (χ0n) is 13.4. The summed E-state index contributed by atoms with van der Waals surface area (Å²) in [4.78, 5) is 2.22. The minimum atomic E-state index is -0.449. The molecule has 0 radical (unpaired) electrons. The van der Waals surface area contributed by atoms with Crippen LogP contribution in [0.3, 0.4) is 0 Å². The van der Waals surface area contributed by atoms with Crippen molar-refractivity contribution in [3.63, 3.8) is 0 Å². The fourth-order valence-electron chi connectivity index (χ4n) is 3.06. The van der Waals surface area contributed by atoms with Crippen molar-refractivity contribution in [3.8, 4) is 0 Å². The zero-order chi connectivity index (χ0) is 15.6. The van der Waals surface area contributed by atoms with Crippen LogP contribution in [-0.2, 0) is 6.54 Å². The van der Waals surface area contributed by atoms with Crippen LogP contribution in [-0.4, -0.2) is 29.6 Å². The number of hydrogen-bond donors (Lipinski definition) is 1. The van der Waals surface area contributed by atoms with Crippen LogP contribution in [0.25, 0.3) is 0 Å². The van der Waals surface area contributed by atoms with Crippen LogP contribution >= 0.6 is 0 Å². The molecule has 1 unspecified atom stereocenters. The highest BCUT2D eigenvalue weighted by atomic mass is 19.1. The van der Waals surface area contributed by atoms with E-state index in [1.54, 1.807) is 0 Å². The standard InChI is InChI=1S/C17H26F2N2/c1-12(2)8-13-9-20-17(3,4)11-21(13)10-14-15(18)6-5-7-16(14)19/h5-7,12-13,20H,8-11H2,1-4H3. The molecule has 0 aromatic heterocycles. The molecule has 1 saturated heterocycles. The average Bonchev–Trinajstić information content (AvgIpc) is 2.36. The normalized spacial score (nSPS) is 22.7. The first kappa shape index (κ1) is 16.4. The number of hydrogen-bond acceptors (Lipinski definition) is 2. The van der Waals surface area contributed by atoms with Gasteiger partial charge in [0.1, 0.15) is 11.6 Å². The van der Waals surface area contributed by atoms with Crippen LogP contribution in [0.1, 0.15) is 39.7 Å². The Kier molecular flexibility index (Phi) is 4.99. The van der Waals surface area contributed by atoms with Gasteiger partial charge in [-0.15, -0.1) is 0 Å². The van der Waals surface area contributed by atoms with Crippen molar-refractivity contribution in [1.82, 2.24) is 10.2 Å². The first-order valence-electron chi connectivity index (χ1n) is 7.70. The lowest BCUT2D eigenvalue weighted by molar-refractivity contribution is 0.0739. The number of nitrogens with zero attached hydrogens (tertiary/aromatic N) is 1. The molecule has 21 heavy (non-hydrogen) atoms. The smallest absolute Gasteiger partial charge is 0.130 e. The number of halogens is 2. The number of piperazine rings is 1. The van der Waals surface area contributed by atoms with Crippen LogP contribution in [0.2, 0.25) is 0 Å². The summed E-state index contributed by atoms with van der Waals surface area (Å²) in [6.07, 6.45) is 1.03. The van der Waals surface area contributed by atoms with Gasteiger partial charge in [-0.3, -0.25) is 4.90 Å². The van der Waals surface area contributed by atoms with Crippen molar-refractivity contribution in [1.29, 1.82) is 0 Å². The monoisotopic (exact) mass is 296 g/mol. The Bertz CT molecular complexity index is 465. The Labute approximate surface area is 126 Å². The summed E-state index contributed by atoms with van der Waals surface area (Å²) in [6.45, 7) is 10.6. The Balaban J connectivity index is 2.19. The van der Waals surface area contributed by atoms with Crippen molar-refractivity contribution in [2.24, 2.45) is 5.92 Å². The van der Waals surface area contributed by atoms with Gasteiger partial charge in [-0.1, -0.05) is 19.9 Å². The van der Waals surface area contributed by atoms with E-state index < -0.39 is 11.6 Å². The van der Waals surface area contributed by atoms with E-state index in [0.717, 1.165) is 19.5 Å². The van der Waals surface area contributed by atoms with Gasteiger partial charge in [-0.25, -0.2) is 8.78 Å². The lowest BCUT2D eigenvalue weighted by Gasteiger charge is -2.45. The molecule has 1 aliphatic rings. The first-order chi connectivity index (χ1) is 9.78. The molecule has 4 heteroatoms. The van der Waals surface area contributed by atoms with E-state index in [2.05, 4.69) is 37.9 Å². The van der Waals surface area contributed by atoms with Gasteiger partial charge >= 0.3 is 0 Å². The van der Waals surface area contributed by atoms with Gasteiger partial charge in [-0.05, 0) is 38.3 Å². The molecule has 118 valence electrons. The summed E-state index contributed by atoms with van der Waals surface area (Å²) < 4.78 is 27.8. The quantitative estimate of drug-likeness (QED) is 0.914. The molecule has 0 spiro atoms. The Morgan fingerprint density at radius 1 is 1.29 bits per heavy atom. The predicted octanol–water partition coefficient (Wildman–Crippen LogP) is 3.56. The summed E-state index contributed by atoms with van der Waals surface area (Å²) in [5.74, 6) is -0.338. The second-order valence-electron chi connectivity index (χ2n) is 7.15. The van der Waals surface area contributed by atoms with Crippen molar-refractivity contribution in [2.45, 2.75) is 52.2 Å². The number of nitrogens with one attached hydrogen (secondary N) is 1. The minimum Gasteiger partial charge on any atom is -0.309 e. The SMILES string of the molecule is CC(C)CC1CNC(C)(C)CN1Cc1c(F)cccc1F. The van der Waals surface area contributed by atoms with Gasteiger partial charge in [0.15, 0.2) is 0 Å². The summed E-state index contributed by atoms with van der Waals surface area (Å²) in [7, 11) is 0. The highest BCUT2D eigenvalue weighted by Crippen LogP contribution is 2.24. The third-order valence-corrected chi connectivity index (χ3v) is 4.10. The fraction of sp³-hybridized carbons (Fsp3) is 0.647. The summed E-state index contributed by atoms with van der Waals surface area (Å²) in [6, 6.07) is 4.41. The van der Waals surface area contributed by atoms with Gasteiger partial charge in [0.25, 0.3) is 0 Å². The van der Waals surface area contributed by atoms with E-state index in [9.17, 15) is 8.78 Å². The maximum Gasteiger partial charge on any atom is 0.130 e. The van der Waals surface area contributed by atoms with Crippen molar-refractivity contribution < 1.29 is 8.78 Å². The molecule has 1 aromatic carbocycles. The van der Waals surface area contributed by atoms with Gasteiger partial charge in [-0.2, -0.15) is 0 Å². The van der Waals surface area contributed by atoms with E-state index in [-0.39, 0.29) is 11.1 Å². The molecular formula is C17H26F2N2. The Hall–Kier alpha value is -1.00. The van der Waals surface area contributed by atoms with Crippen LogP contribution in [0, 0.1) is 17.6 Å². The molecule has 1 aliphatic heterocycles. The number of benzene rings is 1. The fourth-order valence-corrected chi connectivity index (χ4v) is 3.06. The molecule has 2 rings (SSSR count). The van der Waals surface area contributed by atoms with Crippen molar-refractivity contribution in [3.05, 3.63) is 35.4 Å². The summed E-state index contributed by atoms with van der Waals surface area (Å²) in [5, 5.41) is 3.53. The lowest BCUT2D eigenvalue weighted by atomic mass is 9.93. The molecule has 1 fully saturated rings. The second-order valence-corrected chi connectivity index (χ2v) is 7.15. The van der Waals surface area contributed by atoms with E-state index in [1.165, 1.54) is 18.2 Å². The third kappa shape index (κ3) is 4.24. The topological polar surface area (TPSA) is 15.3 Å². The molecule has 1 atom stereocenters. The third-order valence-electron chi connectivity index (χ3n) is 4.10. The van der Waals surface area contributed by atoms with E-state index in [0.29, 0.717) is 18.5 Å². The highest BCUT2D eigenvalue weighted by molar-refractivity contribution is 5.20. The van der Waals surface area contributed by atoms with Crippen molar-refractivity contribution in [2.75, 3.05) is 13.1 Å². The lowest BCUT2D eigenvalue weighted by Crippen LogP contribution is -2.61. The van der Waals surface area contributed by atoms with Crippen LogP contribution in [0.5, 0.6) is 0 Å².